The maximum absolute atomic E-state index is 11.9. The molecule has 0 atom stereocenters. The van der Waals surface area contributed by atoms with E-state index in [0.717, 1.165) is 11.1 Å². The van der Waals surface area contributed by atoms with Gasteiger partial charge in [0.25, 0.3) is 0 Å². The van der Waals surface area contributed by atoms with Gasteiger partial charge in [0, 0.05) is 11.3 Å². The van der Waals surface area contributed by atoms with Gasteiger partial charge in [-0.05, 0) is 23.8 Å². The predicted octanol–water partition coefficient (Wildman–Crippen LogP) is 2.54. The van der Waals surface area contributed by atoms with E-state index in [9.17, 15) is 9.59 Å². The molecule has 1 amide bonds. The molecule has 0 aliphatic carbocycles. The zero-order valence-electron chi connectivity index (χ0n) is 10.8. The number of rotatable bonds is 3. The Kier molecular flexibility index (Phi) is 3.21. The van der Waals surface area contributed by atoms with E-state index in [1.165, 1.54) is 0 Å². The van der Waals surface area contributed by atoms with Crippen molar-refractivity contribution in [3.8, 4) is 0 Å². The van der Waals surface area contributed by atoms with Crippen LogP contribution < -0.4 is 5.32 Å². The van der Waals surface area contributed by atoms with Crippen LogP contribution in [0.5, 0.6) is 0 Å². The zero-order chi connectivity index (χ0) is 13.9. The minimum absolute atomic E-state index is 0.0820. The highest BCUT2D eigenvalue weighted by molar-refractivity contribution is 5.96. The van der Waals surface area contributed by atoms with E-state index in [4.69, 9.17) is 4.74 Å². The van der Waals surface area contributed by atoms with Crippen molar-refractivity contribution in [1.29, 1.82) is 0 Å². The van der Waals surface area contributed by atoms with Gasteiger partial charge in [0.05, 0.1) is 12.0 Å². The molecular weight excluding hydrogens is 254 g/mol. The summed E-state index contributed by atoms with van der Waals surface area (Å²) >= 11 is 0. The number of ether oxygens (including phenoxy) is 1. The summed E-state index contributed by atoms with van der Waals surface area (Å²) in [5, 5.41) is 2.83. The van der Waals surface area contributed by atoms with Crippen LogP contribution in [0.2, 0.25) is 0 Å². The maximum Gasteiger partial charge on any atom is 0.338 e. The lowest BCUT2D eigenvalue weighted by atomic mass is 10.1. The predicted molar refractivity (Wildman–Crippen MR) is 74.3 cm³/mol. The van der Waals surface area contributed by atoms with Crippen LogP contribution in [0, 0.1) is 0 Å². The van der Waals surface area contributed by atoms with Crippen LogP contribution in [-0.2, 0) is 22.6 Å². The SMILES string of the molecule is O=C(Cc1ccccc1)Nc1ccc2c(c1)COC2=O. The van der Waals surface area contributed by atoms with E-state index in [1.807, 2.05) is 30.3 Å². The van der Waals surface area contributed by atoms with Gasteiger partial charge in [-0.25, -0.2) is 4.79 Å². The van der Waals surface area contributed by atoms with E-state index in [0.29, 0.717) is 17.7 Å². The van der Waals surface area contributed by atoms with Gasteiger partial charge >= 0.3 is 5.97 Å². The fourth-order valence-electron chi connectivity index (χ4n) is 2.20. The first kappa shape index (κ1) is 12.4. The number of fused-ring (bicyclic) bond motifs is 1. The van der Waals surface area contributed by atoms with Crippen molar-refractivity contribution in [3.05, 3.63) is 65.2 Å². The third kappa shape index (κ3) is 2.54. The molecule has 0 unspecified atom stereocenters. The Morgan fingerprint density at radius 3 is 2.75 bits per heavy atom. The molecule has 0 aromatic heterocycles. The second-order valence-electron chi connectivity index (χ2n) is 4.66. The number of benzene rings is 2. The molecule has 2 aromatic rings. The van der Waals surface area contributed by atoms with Crippen LogP contribution in [0.3, 0.4) is 0 Å². The van der Waals surface area contributed by atoms with Crippen molar-refractivity contribution in [2.75, 3.05) is 5.32 Å². The number of nitrogens with one attached hydrogen (secondary N) is 1. The summed E-state index contributed by atoms with van der Waals surface area (Å²) in [4.78, 5) is 23.3. The molecule has 20 heavy (non-hydrogen) atoms. The Morgan fingerprint density at radius 2 is 1.95 bits per heavy atom. The number of hydrogen-bond donors (Lipinski definition) is 1. The number of esters is 1. The average molecular weight is 267 g/mol. The van der Waals surface area contributed by atoms with Crippen LogP contribution in [0.25, 0.3) is 0 Å². The Hall–Kier alpha value is -2.62. The first-order valence-electron chi connectivity index (χ1n) is 6.36. The molecule has 100 valence electrons. The minimum atomic E-state index is -0.304. The summed E-state index contributed by atoms with van der Waals surface area (Å²) in [6.45, 7) is 0.274. The Labute approximate surface area is 116 Å². The molecule has 0 bridgehead atoms. The quantitative estimate of drug-likeness (QED) is 0.869. The molecule has 0 spiro atoms. The molecule has 2 aromatic carbocycles. The number of carbonyl (C=O) groups excluding carboxylic acids is 2. The summed E-state index contributed by atoms with van der Waals surface area (Å²) in [7, 11) is 0. The average Bonchev–Trinajstić information content (AvgIpc) is 2.81. The largest absolute Gasteiger partial charge is 0.457 e. The molecule has 0 fully saturated rings. The second kappa shape index (κ2) is 5.17. The third-order valence-corrected chi connectivity index (χ3v) is 3.18. The molecule has 0 saturated heterocycles. The van der Waals surface area contributed by atoms with Crippen LogP contribution in [0.15, 0.2) is 48.5 Å². The third-order valence-electron chi connectivity index (χ3n) is 3.18. The van der Waals surface area contributed by atoms with Gasteiger partial charge in [0.1, 0.15) is 6.61 Å². The normalized spacial score (nSPS) is 12.7. The number of amides is 1. The van der Waals surface area contributed by atoms with Gasteiger partial charge in [-0.1, -0.05) is 30.3 Å². The lowest BCUT2D eigenvalue weighted by Crippen LogP contribution is -2.14. The van der Waals surface area contributed by atoms with Crippen molar-refractivity contribution in [2.45, 2.75) is 13.0 Å². The Bertz CT molecular complexity index is 665. The highest BCUT2D eigenvalue weighted by atomic mass is 16.5. The van der Waals surface area contributed by atoms with Gasteiger partial charge in [-0.3, -0.25) is 4.79 Å². The highest BCUT2D eigenvalue weighted by Gasteiger charge is 2.21. The van der Waals surface area contributed by atoms with E-state index >= 15 is 0 Å². The van der Waals surface area contributed by atoms with E-state index < -0.39 is 0 Å². The summed E-state index contributed by atoms with van der Waals surface area (Å²) in [6, 6.07) is 14.7. The first-order valence-corrected chi connectivity index (χ1v) is 6.36. The number of hydrogen-bond acceptors (Lipinski definition) is 3. The fourth-order valence-corrected chi connectivity index (χ4v) is 2.20. The van der Waals surface area contributed by atoms with Gasteiger partial charge < -0.3 is 10.1 Å². The molecule has 3 rings (SSSR count). The Morgan fingerprint density at radius 1 is 1.15 bits per heavy atom. The summed E-state index contributed by atoms with van der Waals surface area (Å²) in [6.07, 6.45) is 0.327. The molecule has 4 heteroatoms. The molecular formula is C16H13NO3. The smallest absolute Gasteiger partial charge is 0.338 e. The molecule has 0 saturated carbocycles. The van der Waals surface area contributed by atoms with Gasteiger partial charge in [0.2, 0.25) is 5.91 Å². The lowest BCUT2D eigenvalue weighted by molar-refractivity contribution is -0.115. The molecule has 1 heterocycles. The summed E-state index contributed by atoms with van der Waals surface area (Å²) < 4.78 is 4.93. The van der Waals surface area contributed by atoms with Crippen LogP contribution in [-0.4, -0.2) is 11.9 Å². The van der Waals surface area contributed by atoms with E-state index in [2.05, 4.69) is 5.32 Å². The number of anilines is 1. The van der Waals surface area contributed by atoms with Crippen molar-refractivity contribution in [1.82, 2.24) is 0 Å². The summed E-state index contributed by atoms with van der Waals surface area (Å²) in [5.41, 5.74) is 3.03. The lowest BCUT2D eigenvalue weighted by Gasteiger charge is -2.06. The van der Waals surface area contributed by atoms with Crippen molar-refractivity contribution in [2.24, 2.45) is 0 Å². The summed E-state index contributed by atoms with van der Waals surface area (Å²) in [5.74, 6) is -0.386. The van der Waals surface area contributed by atoms with E-state index in [-0.39, 0.29) is 18.5 Å². The molecule has 0 radical (unpaired) electrons. The van der Waals surface area contributed by atoms with Crippen LogP contribution >= 0.6 is 0 Å². The van der Waals surface area contributed by atoms with Crippen molar-refractivity contribution >= 4 is 17.6 Å². The fraction of sp³-hybridized carbons (Fsp3) is 0.125. The minimum Gasteiger partial charge on any atom is -0.457 e. The topological polar surface area (TPSA) is 55.4 Å². The molecule has 1 aliphatic heterocycles. The number of carbonyl (C=O) groups is 2. The number of cyclic esters (lactones) is 1. The van der Waals surface area contributed by atoms with Crippen molar-refractivity contribution < 1.29 is 14.3 Å². The van der Waals surface area contributed by atoms with Gasteiger partial charge in [-0.15, -0.1) is 0 Å². The molecule has 1 N–H and O–H groups in total. The zero-order valence-corrected chi connectivity index (χ0v) is 10.8. The standard InChI is InChI=1S/C16H13NO3/c18-15(8-11-4-2-1-3-5-11)17-13-6-7-14-12(9-13)10-20-16(14)19/h1-7,9H,8,10H2,(H,17,18). The monoisotopic (exact) mass is 267 g/mol. The van der Waals surface area contributed by atoms with Crippen LogP contribution in [0.4, 0.5) is 5.69 Å². The molecule has 1 aliphatic rings. The van der Waals surface area contributed by atoms with Crippen LogP contribution in [0.1, 0.15) is 21.5 Å². The van der Waals surface area contributed by atoms with Gasteiger partial charge in [0.15, 0.2) is 0 Å². The highest BCUT2D eigenvalue weighted by Crippen LogP contribution is 2.23. The Balaban J connectivity index is 1.69. The second-order valence-corrected chi connectivity index (χ2v) is 4.66. The molecule has 4 nitrogen and oxygen atoms in total. The van der Waals surface area contributed by atoms with Gasteiger partial charge in [-0.2, -0.15) is 0 Å². The first-order chi connectivity index (χ1) is 9.72. The van der Waals surface area contributed by atoms with E-state index in [1.54, 1.807) is 18.2 Å². The van der Waals surface area contributed by atoms with Crippen molar-refractivity contribution in [3.63, 3.8) is 0 Å². The maximum atomic E-state index is 11.9.